The Morgan fingerprint density at radius 3 is 3.00 bits per heavy atom. The summed E-state index contributed by atoms with van der Waals surface area (Å²) in [4.78, 5) is 13.2. The summed E-state index contributed by atoms with van der Waals surface area (Å²) in [5, 5.41) is 6.90. The molecule has 1 heterocycles. The van der Waals surface area contributed by atoms with Crippen LogP contribution in [0.15, 0.2) is 18.2 Å². The highest BCUT2D eigenvalue weighted by Gasteiger charge is 2.50. The number of nitrogens with one attached hydrogen (secondary N) is 2. The van der Waals surface area contributed by atoms with Gasteiger partial charge in [0.05, 0.1) is 18.6 Å². The number of amides is 1. The van der Waals surface area contributed by atoms with Crippen molar-refractivity contribution in [2.24, 2.45) is 11.3 Å². The number of halogens is 1. The molecule has 1 unspecified atom stereocenters. The van der Waals surface area contributed by atoms with Crippen molar-refractivity contribution < 1.29 is 9.53 Å². The fourth-order valence-corrected chi connectivity index (χ4v) is 5.06. The van der Waals surface area contributed by atoms with Crippen molar-refractivity contribution in [3.8, 4) is 5.75 Å². The first-order chi connectivity index (χ1) is 11.7. The van der Waals surface area contributed by atoms with E-state index in [1.54, 1.807) is 7.11 Å². The van der Waals surface area contributed by atoms with Gasteiger partial charge in [-0.3, -0.25) is 4.79 Å². The van der Waals surface area contributed by atoms with Crippen LogP contribution in [0.5, 0.6) is 5.75 Å². The highest BCUT2D eigenvalue weighted by molar-refractivity contribution is 5.85. The average molecular weight is 365 g/mol. The van der Waals surface area contributed by atoms with Gasteiger partial charge in [0.2, 0.25) is 5.91 Å². The van der Waals surface area contributed by atoms with Crippen LogP contribution < -0.4 is 15.4 Å². The molecule has 25 heavy (non-hydrogen) atoms. The molecule has 4 rings (SSSR count). The number of aryl methyl sites for hydroxylation is 1. The molecule has 2 N–H and O–H groups in total. The van der Waals surface area contributed by atoms with Crippen LogP contribution in [0.3, 0.4) is 0 Å². The lowest BCUT2D eigenvalue weighted by Gasteiger charge is -2.39. The normalized spacial score (nSPS) is 30.6. The average Bonchev–Trinajstić information content (AvgIpc) is 3.07. The molecule has 5 heteroatoms. The smallest absolute Gasteiger partial charge is 0.228 e. The fraction of sp³-hybridized carbons (Fsp3) is 0.650. The van der Waals surface area contributed by atoms with Gasteiger partial charge in [-0.25, -0.2) is 0 Å². The Hall–Kier alpha value is -1.26. The van der Waals surface area contributed by atoms with Crippen molar-refractivity contribution in [3.63, 3.8) is 0 Å². The number of carbonyl (C=O) groups is 1. The summed E-state index contributed by atoms with van der Waals surface area (Å²) < 4.78 is 5.35. The Morgan fingerprint density at radius 1 is 1.28 bits per heavy atom. The number of carbonyl (C=O) groups excluding carboxylic acids is 1. The molecule has 1 aromatic rings. The first-order valence-corrected chi connectivity index (χ1v) is 9.41. The molecule has 3 atom stereocenters. The second kappa shape index (κ2) is 7.55. The summed E-state index contributed by atoms with van der Waals surface area (Å²) in [6.45, 7) is 1.86. The minimum atomic E-state index is -0.164. The first-order valence-electron chi connectivity index (χ1n) is 9.41. The topological polar surface area (TPSA) is 50.4 Å². The van der Waals surface area contributed by atoms with E-state index in [4.69, 9.17) is 4.74 Å². The zero-order valence-corrected chi connectivity index (χ0v) is 15.8. The maximum atomic E-state index is 13.2. The summed E-state index contributed by atoms with van der Waals surface area (Å²) in [5.74, 6) is 1.71. The number of fused-ring (bicyclic) bond motifs is 2. The molecule has 0 aromatic heterocycles. The maximum absolute atomic E-state index is 13.2. The van der Waals surface area contributed by atoms with E-state index in [9.17, 15) is 4.79 Å². The summed E-state index contributed by atoms with van der Waals surface area (Å²) in [6, 6.07) is 6.44. The predicted molar refractivity (Wildman–Crippen MR) is 101 cm³/mol. The fourth-order valence-electron chi connectivity index (χ4n) is 5.06. The highest BCUT2D eigenvalue weighted by Crippen LogP contribution is 2.44. The number of hydrogen-bond donors (Lipinski definition) is 2. The zero-order chi connectivity index (χ0) is 16.6. The van der Waals surface area contributed by atoms with E-state index in [1.165, 1.54) is 30.4 Å². The lowest BCUT2D eigenvalue weighted by atomic mass is 9.67. The minimum absolute atomic E-state index is 0. The molecule has 1 amide bonds. The standard InChI is InChI=1S/C20H28N2O2.ClH/c1-24-16-8-9-17-14(11-16)5-4-7-18(17)22-19(23)20-10-3-2-6-15(20)12-21-13-20;/h8-9,11,15,18,21H,2-7,10,12-13H2,1H3,(H,22,23);1H/t15-,18?,20+;/m0./s1. The quantitative estimate of drug-likeness (QED) is 0.864. The van der Waals surface area contributed by atoms with Gasteiger partial charge in [0, 0.05) is 6.54 Å². The lowest BCUT2D eigenvalue weighted by molar-refractivity contribution is -0.135. The van der Waals surface area contributed by atoms with Gasteiger partial charge in [0.25, 0.3) is 0 Å². The monoisotopic (exact) mass is 364 g/mol. The second-order valence-electron chi connectivity index (χ2n) is 7.71. The van der Waals surface area contributed by atoms with Crippen molar-refractivity contribution >= 4 is 18.3 Å². The largest absolute Gasteiger partial charge is 0.497 e. The van der Waals surface area contributed by atoms with E-state index in [0.29, 0.717) is 5.92 Å². The molecule has 1 saturated carbocycles. The molecule has 1 aromatic carbocycles. The van der Waals surface area contributed by atoms with Crippen molar-refractivity contribution in [2.75, 3.05) is 20.2 Å². The van der Waals surface area contributed by atoms with Gasteiger partial charge < -0.3 is 15.4 Å². The molecule has 138 valence electrons. The van der Waals surface area contributed by atoms with Gasteiger partial charge in [-0.1, -0.05) is 18.9 Å². The summed E-state index contributed by atoms with van der Waals surface area (Å²) in [7, 11) is 1.71. The lowest BCUT2D eigenvalue weighted by Crippen LogP contribution is -2.49. The van der Waals surface area contributed by atoms with Crippen LogP contribution in [0.25, 0.3) is 0 Å². The Kier molecular flexibility index (Phi) is 5.59. The Labute approximate surface area is 156 Å². The van der Waals surface area contributed by atoms with Crippen molar-refractivity contribution in [1.29, 1.82) is 0 Å². The second-order valence-corrected chi connectivity index (χ2v) is 7.71. The number of rotatable bonds is 3. The van der Waals surface area contributed by atoms with Gasteiger partial charge in [-0.15, -0.1) is 12.4 Å². The van der Waals surface area contributed by atoms with Crippen LogP contribution in [-0.2, 0) is 11.2 Å². The van der Waals surface area contributed by atoms with Crippen molar-refractivity contribution in [3.05, 3.63) is 29.3 Å². The maximum Gasteiger partial charge on any atom is 0.228 e. The molecule has 0 bridgehead atoms. The van der Waals surface area contributed by atoms with Crippen LogP contribution >= 0.6 is 12.4 Å². The third-order valence-corrected chi connectivity index (χ3v) is 6.46. The summed E-state index contributed by atoms with van der Waals surface area (Å²) in [5.41, 5.74) is 2.45. The van der Waals surface area contributed by atoms with E-state index in [-0.39, 0.29) is 29.8 Å². The van der Waals surface area contributed by atoms with Gasteiger partial charge in [-0.05, 0) is 67.8 Å². The molecule has 0 spiro atoms. The Balaban J connectivity index is 0.00000182. The summed E-state index contributed by atoms with van der Waals surface area (Å²) in [6.07, 6.45) is 7.93. The van der Waals surface area contributed by atoms with E-state index in [1.807, 2.05) is 6.07 Å². The van der Waals surface area contributed by atoms with E-state index < -0.39 is 0 Å². The molecule has 0 radical (unpaired) electrons. The predicted octanol–water partition coefficient (Wildman–Crippen LogP) is 3.39. The molecule has 2 fully saturated rings. The van der Waals surface area contributed by atoms with Crippen LogP contribution in [0.2, 0.25) is 0 Å². The minimum Gasteiger partial charge on any atom is -0.497 e. The zero-order valence-electron chi connectivity index (χ0n) is 15.0. The van der Waals surface area contributed by atoms with Crippen LogP contribution in [0, 0.1) is 11.3 Å². The Morgan fingerprint density at radius 2 is 2.16 bits per heavy atom. The third-order valence-electron chi connectivity index (χ3n) is 6.46. The van der Waals surface area contributed by atoms with E-state index in [0.717, 1.165) is 44.5 Å². The molecule has 2 aliphatic carbocycles. The van der Waals surface area contributed by atoms with E-state index in [2.05, 4.69) is 22.8 Å². The van der Waals surface area contributed by atoms with Gasteiger partial charge in [0.1, 0.15) is 5.75 Å². The van der Waals surface area contributed by atoms with Gasteiger partial charge >= 0.3 is 0 Å². The molecular formula is C20H29ClN2O2. The van der Waals surface area contributed by atoms with Gasteiger partial charge in [-0.2, -0.15) is 0 Å². The van der Waals surface area contributed by atoms with Crippen LogP contribution in [0.4, 0.5) is 0 Å². The molecule has 4 nitrogen and oxygen atoms in total. The molecule has 1 saturated heterocycles. The van der Waals surface area contributed by atoms with Crippen molar-refractivity contribution in [2.45, 2.75) is 51.0 Å². The summed E-state index contributed by atoms with van der Waals surface area (Å²) >= 11 is 0. The number of methoxy groups -OCH3 is 1. The van der Waals surface area contributed by atoms with E-state index >= 15 is 0 Å². The van der Waals surface area contributed by atoms with Crippen molar-refractivity contribution in [1.82, 2.24) is 10.6 Å². The molecular weight excluding hydrogens is 336 g/mol. The van der Waals surface area contributed by atoms with Gasteiger partial charge in [0.15, 0.2) is 0 Å². The number of benzene rings is 1. The SMILES string of the molecule is COc1ccc2c(c1)CCCC2NC(=O)[C@@]12CCCC[C@H]1CNC2.Cl. The number of hydrogen-bond acceptors (Lipinski definition) is 3. The van der Waals surface area contributed by atoms with Crippen LogP contribution in [-0.4, -0.2) is 26.1 Å². The molecule has 1 aliphatic heterocycles. The number of ether oxygens (including phenoxy) is 1. The third kappa shape index (κ3) is 3.26. The molecule has 3 aliphatic rings. The Bertz CT molecular complexity index is 636. The van der Waals surface area contributed by atoms with Crippen LogP contribution in [0.1, 0.15) is 55.7 Å². The first kappa shape index (κ1) is 18.5. The highest BCUT2D eigenvalue weighted by atomic mass is 35.5.